The molecule has 1 aromatic carbocycles. The van der Waals surface area contributed by atoms with Crippen LogP contribution in [0.3, 0.4) is 0 Å². The Morgan fingerprint density at radius 2 is 1.74 bits per heavy atom. The van der Waals surface area contributed by atoms with Crippen molar-refractivity contribution in [1.29, 1.82) is 0 Å². The number of hydrogen-bond acceptors (Lipinski definition) is 1. The van der Waals surface area contributed by atoms with E-state index in [4.69, 9.17) is 0 Å². The molecule has 0 amide bonds. The van der Waals surface area contributed by atoms with E-state index in [-0.39, 0.29) is 0 Å². The van der Waals surface area contributed by atoms with Crippen LogP contribution < -0.4 is 5.32 Å². The smallest absolute Gasteiger partial charge is 0.0317 e. The predicted molar refractivity (Wildman–Crippen MR) is 93.6 cm³/mol. The summed E-state index contributed by atoms with van der Waals surface area (Å²) in [6.45, 7) is 2.28. The summed E-state index contributed by atoms with van der Waals surface area (Å²) in [5.41, 5.74) is 1.43. The lowest BCUT2D eigenvalue weighted by Crippen LogP contribution is -2.16. The number of rotatable bonds is 10. The van der Waals surface area contributed by atoms with Gasteiger partial charge >= 0.3 is 0 Å². The number of unbranched alkanes of at least 4 members (excludes halogenated alkanes) is 6. The van der Waals surface area contributed by atoms with Crippen LogP contribution in [0.5, 0.6) is 0 Å². The molecule has 2 heteroatoms. The van der Waals surface area contributed by atoms with E-state index < -0.39 is 0 Å². The molecular formula is C17H28IN. The average molecular weight is 373 g/mol. The molecule has 0 aliphatic heterocycles. The van der Waals surface area contributed by atoms with Crippen LogP contribution in [0.4, 0.5) is 0 Å². The lowest BCUT2D eigenvalue weighted by Gasteiger charge is -2.16. The first-order valence-corrected chi connectivity index (χ1v) is 8.78. The Morgan fingerprint density at radius 3 is 2.37 bits per heavy atom. The maximum atomic E-state index is 3.45. The predicted octanol–water partition coefficient (Wildman–Crippen LogP) is 5.69. The Bertz CT molecular complexity index is 338. The second-order valence-electron chi connectivity index (χ2n) is 5.31. The Morgan fingerprint density at radius 1 is 1.05 bits per heavy atom. The zero-order valence-electron chi connectivity index (χ0n) is 12.4. The van der Waals surface area contributed by atoms with Crippen LogP contribution in [0.1, 0.15) is 69.9 Å². The number of halogens is 1. The molecule has 0 heterocycles. The van der Waals surface area contributed by atoms with Crippen LogP contribution in [0.2, 0.25) is 0 Å². The molecule has 0 aliphatic rings. The van der Waals surface area contributed by atoms with Gasteiger partial charge in [0.25, 0.3) is 0 Å². The van der Waals surface area contributed by atoms with Crippen molar-refractivity contribution in [2.24, 2.45) is 0 Å². The van der Waals surface area contributed by atoms with E-state index in [9.17, 15) is 0 Å². The van der Waals surface area contributed by atoms with E-state index in [1.54, 1.807) is 0 Å². The van der Waals surface area contributed by atoms with Gasteiger partial charge in [0, 0.05) is 9.61 Å². The van der Waals surface area contributed by atoms with Crippen molar-refractivity contribution in [3.63, 3.8) is 0 Å². The molecule has 0 aliphatic carbocycles. The van der Waals surface area contributed by atoms with Gasteiger partial charge in [-0.1, -0.05) is 64.0 Å². The zero-order chi connectivity index (χ0) is 13.9. The fraction of sp³-hybridized carbons (Fsp3) is 0.647. The van der Waals surface area contributed by atoms with E-state index in [1.165, 1.54) is 60.5 Å². The largest absolute Gasteiger partial charge is 0.313 e. The van der Waals surface area contributed by atoms with Gasteiger partial charge in [0.2, 0.25) is 0 Å². The van der Waals surface area contributed by atoms with Crippen LogP contribution in [0, 0.1) is 3.57 Å². The highest BCUT2D eigenvalue weighted by molar-refractivity contribution is 14.1. The summed E-state index contributed by atoms with van der Waals surface area (Å²) in [5, 5.41) is 3.45. The van der Waals surface area contributed by atoms with Crippen molar-refractivity contribution >= 4 is 22.6 Å². The standard InChI is InChI=1S/C17H28IN/c1-3-4-5-6-7-8-9-13-17(19-2)15-11-10-12-16(18)14-15/h10-12,14,17,19H,3-9,13H2,1-2H3. The normalized spacial score (nSPS) is 12.6. The number of nitrogens with one attached hydrogen (secondary N) is 1. The summed E-state index contributed by atoms with van der Waals surface area (Å²) < 4.78 is 1.33. The Labute approximate surface area is 132 Å². The van der Waals surface area contributed by atoms with Crippen LogP contribution in [0.15, 0.2) is 24.3 Å². The van der Waals surface area contributed by atoms with Gasteiger partial charge in [0.15, 0.2) is 0 Å². The Balaban J connectivity index is 2.22. The van der Waals surface area contributed by atoms with Crippen molar-refractivity contribution < 1.29 is 0 Å². The molecule has 19 heavy (non-hydrogen) atoms. The molecule has 1 N–H and O–H groups in total. The van der Waals surface area contributed by atoms with Gasteiger partial charge in [-0.05, 0) is 53.8 Å². The van der Waals surface area contributed by atoms with Crippen molar-refractivity contribution in [1.82, 2.24) is 5.32 Å². The van der Waals surface area contributed by atoms with Crippen LogP contribution in [-0.4, -0.2) is 7.05 Å². The quantitative estimate of drug-likeness (QED) is 0.410. The highest BCUT2D eigenvalue weighted by Gasteiger charge is 2.08. The molecule has 108 valence electrons. The molecule has 1 aromatic rings. The van der Waals surface area contributed by atoms with Crippen molar-refractivity contribution in [3.8, 4) is 0 Å². The van der Waals surface area contributed by atoms with E-state index in [1.807, 2.05) is 0 Å². The fourth-order valence-electron chi connectivity index (χ4n) is 2.51. The molecule has 0 spiro atoms. The van der Waals surface area contributed by atoms with Gasteiger partial charge in [-0.2, -0.15) is 0 Å². The van der Waals surface area contributed by atoms with Crippen LogP contribution in [0.25, 0.3) is 0 Å². The number of hydrogen-bond donors (Lipinski definition) is 1. The minimum absolute atomic E-state index is 0.519. The molecule has 0 saturated heterocycles. The fourth-order valence-corrected chi connectivity index (χ4v) is 3.07. The van der Waals surface area contributed by atoms with Crippen LogP contribution in [-0.2, 0) is 0 Å². The summed E-state index contributed by atoms with van der Waals surface area (Å²) in [4.78, 5) is 0. The molecule has 0 bridgehead atoms. The maximum Gasteiger partial charge on any atom is 0.0317 e. The Kier molecular flexibility index (Phi) is 9.52. The minimum atomic E-state index is 0.519. The van der Waals surface area contributed by atoms with Gasteiger partial charge in [0.05, 0.1) is 0 Å². The van der Waals surface area contributed by atoms with E-state index in [0.29, 0.717) is 6.04 Å². The molecule has 0 saturated carbocycles. The first-order chi connectivity index (χ1) is 9.27. The van der Waals surface area contributed by atoms with Gasteiger partial charge in [-0.15, -0.1) is 0 Å². The van der Waals surface area contributed by atoms with Crippen LogP contribution >= 0.6 is 22.6 Å². The van der Waals surface area contributed by atoms with E-state index >= 15 is 0 Å². The number of benzene rings is 1. The summed E-state index contributed by atoms with van der Waals surface area (Å²) in [6.07, 6.45) is 11.0. The van der Waals surface area contributed by atoms with Gasteiger partial charge in [0.1, 0.15) is 0 Å². The third kappa shape index (κ3) is 7.31. The highest BCUT2D eigenvalue weighted by Crippen LogP contribution is 2.21. The van der Waals surface area contributed by atoms with Gasteiger partial charge in [-0.25, -0.2) is 0 Å². The summed E-state index contributed by atoms with van der Waals surface area (Å²) in [6, 6.07) is 9.37. The van der Waals surface area contributed by atoms with Crippen molar-refractivity contribution in [2.75, 3.05) is 7.05 Å². The lowest BCUT2D eigenvalue weighted by atomic mass is 10.00. The highest BCUT2D eigenvalue weighted by atomic mass is 127. The summed E-state index contributed by atoms with van der Waals surface area (Å²) in [5.74, 6) is 0. The topological polar surface area (TPSA) is 12.0 Å². The van der Waals surface area contributed by atoms with Crippen molar-refractivity contribution in [3.05, 3.63) is 33.4 Å². The molecule has 1 nitrogen and oxygen atoms in total. The average Bonchev–Trinajstić information content (AvgIpc) is 2.42. The van der Waals surface area contributed by atoms with Crippen molar-refractivity contribution in [2.45, 2.75) is 64.3 Å². The SMILES string of the molecule is CCCCCCCCCC(NC)c1cccc(I)c1. The molecule has 1 atom stereocenters. The second-order valence-corrected chi connectivity index (χ2v) is 6.55. The third-order valence-electron chi connectivity index (χ3n) is 3.70. The molecule has 0 radical (unpaired) electrons. The van der Waals surface area contributed by atoms with E-state index in [2.05, 4.69) is 66.1 Å². The molecular weight excluding hydrogens is 345 g/mol. The zero-order valence-corrected chi connectivity index (χ0v) is 14.6. The monoisotopic (exact) mass is 373 g/mol. The Hall–Kier alpha value is -0.0900. The minimum Gasteiger partial charge on any atom is -0.313 e. The van der Waals surface area contributed by atoms with Gasteiger partial charge < -0.3 is 5.32 Å². The molecule has 0 aromatic heterocycles. The first-order valence-electron chi connectivity index (χ1n) is 7.70. The maximum absolute atomic E-state index is 3.45. The molecule has 1 rings (SSSR count). The third-order valence-corrected chi connectivity index (χ3v) is 4.37. The van der Waals surface area contributed by atoms with Gasteiger partial charge in [-0.3, -0.25) is 0 Å². The molecule has 1 unspecified atom stereocenters. The van der Waals surface area contributed by atoms with E-state index in [0.717, 1.165) is 0 Å². The summed E-state index contributed by atoms with van der Waals surface area (Å²) >= 11 is 2.39. The summed E-state index contributed by atoms with van der Waals surface area (Å²) in [7, 11) is 2.08. The lowest BCUT2D eigenvalue weighted by molar-refractivity contribution is 0.496. The second kappa shape index (κ2) is 10.7. The molecule has 0 fully saturated rings. The first kappa shape index (κ1) is 17.0.